The summed E-state index contributed by atoms with van der Waals surface area (Å²) in [7, 11) is -4.08. The fraction of sp³-hybridized carbons (Fsp3) is 0.710. The van der Waals surface area contributed by atoms with Crippen molar-refractivity contribution in [2.24, 2.45) is 0 Å². The number of hydrogen-bond acceptors (Lipinski definition) is 4. The number of ether oxygens (including phenoxy) is 1. The van der Waals surface area contributed by atoms with E-state index in [4.69, 9.17) is 13.6 Å². The van der Waals surface area contributed by atoms with Crippen LogP contribution in [0.1, 0.15) is 92.6 Å². The van der Waals surface area contributed by atoms with Gasteiger partial charge in [0.1, 0.15) is 0 Å². The lowest BCUT2D eigenvalue weighted by Gasteiger charge is -2.46. The number of allylic oxidation sites excluding steroid dienone is 3. The van der Waals surface area contributed by atoms with Gasteiger partial charge < -0.3 is 18.6 Å². The second-order valence-electron chi connectivity index (χ2n) is 14.9. The Morgan fingerprint density at radius 3 is 2.16 bits per heavy atom. The Bertz CT molecular complexity index is 1010. The van der Waals surface area contributed by atoms with E-state index in [1.165, 1.54) is 0 Å². The molecule has 1 aliphatic rings. The molecule has 0 amide bonds. The summed E-state index contributed by atoms with van der Waals surface area (Å²) >= 11 is 0. The maximum atomic E-state index is 12.6. The van der Waals surface area contributed by atoms with Gasteiger partial charge >= 0.3 is 0 Å². The van der Waals surface area contributed by atoms with Gasteiger partial charge in [0.2, 0.25) is 5.78 Å². The molecule has 1 aliphatic heterocycles. The van der Waals surface area contributed by atoms with Gasteiger partial charge in [0.05, 0.1) is 29.1 Å². The molecule has 3 atom stereocenters. The summed E-state index contributed by atoms with van der Waals surface area (Å²) in [5.41, 5.74) is 0.580. The van der Waals surface area contributed by atoms with Crippen molar-refractivity contribution in [3.8, 4) is 0 Å². The minimum absolute atomic E-state index is 0.0216. The van der Waals surface area contributed by atoms with Crippen LogP contribution in [-0.2, 0) is 13.6 Å². The first-order valence-electron chi connectivity index (χ1n) is 14.1. The Hall–Kier alpha value is -1.26. The number of aromatic nitrogens is 1. The maximum absolute atomic E-state index is 12.6. The highest BCUT2D eigenvalue weighted by Gasteiger charge is 2.52. The minimum Gasteiger partial charge on any atom is -0.409 e. The van der Waals surface area contributed by atoms with Crippen molar-refractivity contribution in [1.82, 2.24) is 4.98 Å². The van der Waals surface area contributed by atoms with Gasteiger partial charge in [-0.2, -0.15) is 0 Å². The van der Waals surface area contributed by atoms with Crippen LogP contribution in [0.5, 0.6) is 0 Å². The number of rotatable bonds is 10. The molecule has 0 aliphatic carbocycles. The standard InChI is InChI=1S/C31H55NO4Si2/c1-23(22-25(33)24-16-15-21-32-24)17-18-27(35-37(11,12)28(2,3)4)31(10)20-19-26(34-31)30(8,9)36-38(13,14)29(5,6)7/h15-18,21-22,26-27,32H,19-20H2,1-14H3/b18-17+,23-22-/t26-,27?,31?/m1/s1. The van der Waals surface area contributed by atoms with Gasteiger partial charge in [-0.25, -0.2) is 0 Å². The quantitative estimate of drug-likeness (QED) is 0.134. The van der Waals surface area contributed by atoms with Crippen LogP contribution in [0.2, 0.25) is 36.3 Å². The molecule has 1 aromatic heterocycles. The van der Waals surface area contributed by atoms with Crippen LogP contribution in [0, 0.1) is 0 Å². The van der Waals surface area contributed by atoms with Crippen LogP contribution in [0.3, 0.4) is 0 Å². The molecule has 38 heavy (non-hydrogen) atoms. The van der Waals surface area contributed by atoms with E-state index < -0.39 is 27.8 Å². The van der Waals surface area contributed by atoms with E-state index in [9.17, 15) is 4.79 Å². The molecule has 0 saturated carbocycles. The topological polar surface area (TPSA) is 60.6 Å². The summed E-state index contributed by atoms with van der Waals surface area (Å²) in [4.78, 5) is 15.6. The molecule has 1 saturated heterocycles. The summed E-state index contributed by atoms with van der Waals surface area (Å²) in [5.74, 6) is -0.0352. The average Bonchev–Trinajstić information content (AvgIpc) is 3.39. The third-order valence-electron chi connectivity index (χ3n) is 9.00. The minimum atomic E-state index is -2.11. The maximum Gasteiger partial charge on any atom is 0.202 e. The number of ketones is 1. The molecule has 0 radical (unpaired) electrons. The summed E-state index contributed by atoms with van der Waals surface area (Å²) in [6.45, 7) is 31.3. The van der Waals surface area contributed by atoms with Crippen LogP contribution in [0.15, 0.2) is 42.1 Å². The highest BCUT2D eigenvalue weighted by atomic mass is 28.4. The molecule has 7 heteroatoms. The number of aromatic amines is 1. The molecule has 1 fully saturated rings. The van der Waals surface area contributed by atoms with Gasteiger partial charge in [0.15, 0.2) is 16.6 Å². The Morgan fingerprint density at radius 1 is 1.08 bits per heavy atom. The Labute approximate surface area is 235 Å². The van der Waals surface area contributed by atoms with Crippen LogP contribution in [0.25, 0.3) is 0 Å². The number of nitrogens with one attached hydrogen (secondary N) is 1. The summed E-state index contributed by atoms with van der Waals surface area (Å²) < 4.78 is 20.8. The van der Waals surface area contributed by atoms with E-state index in [1.807, 2.05) is 19.1 Å². The van der Waals surface area contributed by atoms with E-state index >= 15 is 0 Å². The predicted octanol–water partition coefficient (Wildman–Crippen LogP) is 8.83. The molecule has 216 valence electrons. The first-order chi connectivity index (χ1) is 17.0. The van der Waals surface area contributed by atoms with Crippen molar-refractivity contribution in [3.05, 3.63) is 47.8 Å². The zero-order chi connectivity index (χ0) is 29.4. The molecule has 1 aromatic rings. The summed E-state index contributed by atoms with van der Waals surface area (Å²) in [6, 6.07) is 3.63. The number of H-pyrrole nitrogens is 1. The van der Waals surface area contributed by atoms with E-state index in [0.29, 0.717) is 5.69 Å². The Morgan fingerprint density at radius 2 is 1.66 bits per heavy atom. The van der Waals surface area contributed by atoms with Gasteiger partial charge in [-0.1, -0.05) is 53.7 Å². The molecule has 2 unspecified atom stereocenters. The highest BCUT2D eigenvalue weighted by molar-refractivity contribution is 6.74. The van der Waals surface area contributed by atoms with Crippen LogP contribution >= 0.6 is 0 Å². The fourth-order valence-electron chi connectivity index (χ4n) is 4.35. The molecule has 0 aromatic carbocycles. The molecule has 5 nitrogen and oxygen atoms in total. The van der Waals surface area contributed by atoms with Crippen molar-refractivity contribution < 1.29 is 18.4 Å². The monoisotopic (exact) mass is 561 g/mol. The summed E-state index contributed by atoms with van der Waals surface area (Å²) in [6.07, 6.45) is 9.10. The number of carbonyl (C=O) groups is 1. The average molecular weight is 562 g/mol. The van der Waals surface area contributed by atoms with Crippen LogP contribution in [-0.4, -0.2) is 50.8 Å². The third-order valence-corrected chi connectivity index (χ3v) is 18.1. The molecule has 0 bridgehead atoms. The molecular weight excluding hydrogens is 507 g/mol. The van der Waals surface area contributed by atoms with Crippen molar-refractivity contribution in [2.45, 2.75) is 142 Å². The van der Waals surface area contributed by atoms with Gasteiger partial charge in [-0.05, 0) is 101 Å². The zero-order valence-electron chi connectivity index (χ0n) is 26.7. The van der Waals surface area contributed by atoms with Gasteiger partial charge in [0, 0.05) is 6.20 Å². The van der Waals surface area contributed by atoms with Gasteiger partial charge in [-0.3, -0.25) is 4.79 Å². The predicted molar refractivity (Wildman–Crippen MR) is 165 cm³/mol. The van der Waals surface area contributed by atoms with Crippen LogP contribution in [0.4, 0.5) is 0 Å². The van der Waals surface area contributed by atoms with Crippen molar-refractivity contribution in [3.63, 3.8) is 0 Å². The van der Waals surface area contributed by atoms with Crippen LogP contribution < -0.4 is 0 Å². The van der Waals surface area contributed by atoms with Gasteiger partial charge in [-0.15, -0.1) is 0 Å². The lowest BCUT2D eigenvalue weighted by molar-refractivity contribution is -0.136. The largest absolute Gasteiger partial charge is 0.409 e. The third kappa shape index (κ3) is 7.90. The molecular formula is C31H55NO4Si2. The second-order valence-corrected chi connectivity index (χ2v) is 24.4. The first-order valence-corrected chi connectivity index (χ1v) is 19.9. The van der Waals surface area contributed by atoms with Crippen molar-refractivity contribution >= 4 is 22.4 Å². The summed E-state index contributed by atoms with van der Waals surface area (Å²) in [5, 5.41) is 0.191. The molecule has 2 heterocycles. The number of hydrogen-bond donors (Lipinski definition) is 1. The lowest BCUT2D eigenvalue weighted by Crippen LogP contribution is -2.54. The lowest BCUT2D eigenvalue weighted by atomic mass is 9.93. The first kappa shape index (κ1) is 33.0. The van der Waals surface area contributed by atoms with E-state index in [1.54, 1.807) is 18.3 Å². The molecule has 0 spiro atoms. The highest BCUT2D eigenvalue weighted by Crippen LogP contribution is 2.46. The van der Waals surface area contributed by atoms with E-state index in [2.05, 4.69) is 99.6 Å². The van der Waals surface area contributed by atoms with E-state index in [0.717, 1.165) is 18.4 Å². The fourth-order valence-corrected chi connectivity index (χ4v) is 7.42. The molecule has 1 N–H and O–H groups in total. The van der Waals surface area contributed by atoms with Crippen molar-refractivity contribution in [2.75, 3.05) is 0 Å². The normalized spacial score (nSPS) is 23.3. The Balaban J connectivity index is 2.34. The number of carbonyl (C=O) groups excluding carboxylic acids is 1. The SMILES string of the molecule is CC(=C/C(=O)c1ccc[nH]1)/C=C/C(O[Si](C)(C)C(C)(C)C)C1(C)CC[C@H](C(C)(C)O[Si](C)(C)C(C)(C)C)O1. The Kier molecular flexibility index (Phi) is 9.81. The van der Waals surface area contributed by atoms with E-state index in [-0.39, 0.29) is 28.1 Å². The molecule has 2 rings (SSSR count). The zero-order valence-corrected chi connectivity index (χ0v) is 28.7. The smallest absolute Gasteiger partial charge is 0.202 e. The van der Waals surface area contributed by atoms with Gasteiger partial charge in [0.25, 0.3) is 0 Å². The van der Waals surface area contributed by atoms with Crippen molar-refractivity contribution in [1.29, 1.82) is 0 Å². The second kappa shape index (κ2) is 11.3.